The lowest BCUT2D eigenvalue weighted by atomic mass is 9.83. The van der Waals surface area contributed by atoms with E-state index in [1.165, 1.54) is 25.7 Å². The second kappa shape index (κ2) is 11.3. The Morgan fingerprint density at radius 1 is 1.17 bits per heavy atom. The number of hydrogen-bond donors (Lipinski definition) is 3. The number of nitrogens with zero attached hydrogens (tertiary/aromatic N) is 1. The number of aliphatic imine (C=N–C) groups is 1. The van der Waals surface area contributed by atoms with Gasteiger partial charge in [0, 0.05) is 33.4 Å². The average molecular weight is 326 g/mol. The molecule has 0 bridgehead atoms. The van der Waals surface area contributed by atoms with Crippen molar-refractivity contribution >= 4 is 11.9 Å². The number of carbonyl (C=O) groups is 1. The minimum absolute atomic E-state index is 0.0287. The van der Waals surface area contributed by atoms with Gasteiger partial charge in [-0.15, -0.1) is 0 Å². The number of guanidine groups is 1. The molecular weight excluding hydrogens is 292 g/mol. The molecule has 1 fully saturated rings. The zero-order chi connectivity index (χ0) is 17.0. The van der Waals surface area contributed by atoms with Crippen LogP contribution in [-0.2, 0) is 9.53 Å². The fourth-order valence-corrected chi connectivity index (χ4v) is 3.04. The van der Waals surface area contributed by atoms with Crippen molar-refractivity contribution in [1.82, 2.24) is 16.0 Å². The van der Waals surface area contributed by atoms with E-state index in [0.29, 0.717) is 12.0 Å². The molecule has 6 nitrogen and oxygen atoms in total. The van der Waals surface area contributed by atoms with Crippen LogP contribution in [0.25, 0.3) is 0 Å². The molecule has 23 heavy (non-hydrogen) atoms. The van der Waals surface area contributed by atoms with Crippen molar-refractivity contribution in [3.8, 4) is 0 Å². The summed E-state index contributed by atoms with van der Waals surface area (Å²) in [6.07, 6.45) is 7.07. The first kappa shape index (κ1) is 19.7. The maximum Gasteiger partial charge on any atom is 0.241 e. The molecule has 0 aliphatic heterocycles. The first-order valence-electron chi connectivity index (χ1n) is 8.93. The van der Waals surface area contributed by atoms with Crippen LogP contribution in [0.4, 0.5) is 0 Å². The number of methoxy groups -OCH3 is 1. The Hall–Kier alpha value is -1.30. The van der Waals surface area contributed by atoms with Crippen molar-refractivity contribution in [3.63, 3.8) is 0 Å². The molecule has 1 saturated carbocycles. The van der Waals surface area contributed by atoms with Crippen LogP contribution in [-0.4, -0.2) is 51.8 Å². The summed E-state index contributed by atoms with van der Waals surface area (Å²) in [5, 5.41) is 9.49. The van der Waals surface area contributed by atoms with E-state index in [2.05, 4.69) is 20.9 Å². The summed E-state index contributed by atoms with van der Waals surface area (Å²) < 4.78 is 5.27. The summed E-state index contributed by atoms with van der Waals surface area (Å²) in [6.45, 7) is 7.42. The first-order valence-corrected chi connectivity index (χ1v) is 8.93. The van der Waals surface area contributed by atoms with Gasteiger partial charge in [-0.25, -0.2) is 4.99 Å². The minimum Gasteiger partial charge on any atom is -0.385 e. The van der Waals surface area contributed by atoms with Gasteiger partial charge in [0.1, 0.15) is 6.54 Å². The van der Waals surface area contributed by atoms with Crippen molar-refractivity contribution in [2.24, 2.45) is 10.4 Å². The molecule has 0 aromatic carbocycles. The largest absolute Gasteiger partial charge is 0.385 e. The van der Waals surface area contributed by atoms with E-state index in [4.69, 9.17) is 4.74 Å². The molecule has 1 aliphatic rings. The standard InChI is InChI=1S/C17H34N4O2/c1-4-11-19-15(22)13-20-16(18-5-2)21-14-17(10-12-23-3)8-6-7-9-17/h4-14H2,1-3H3,(H,19,22)(H2,18,20,21). The zero-order valence-corrected chi connectivity index (χ0v) is 15.0. The van der Waals surface area contributed by atoms with Crippen LogP contribution in [0.3, 0.4) is 0 Å². The van der Waals surface area contributed by atoms with Crippen molar-refractivity contribution in [3.05, 3.63) is 0 Å². The average Bonchev–Trinajstić information content (AvgIpc) is 3.03. The van der Waals surface area contributed by atoms with E-state index in [1.54, 1.807) is 7.11 Å². The molecule has 134 valence electrons. The predicted octanol–water partition coefficient (Wildman–Crippen LogP) is 1.66. The van der Waals surface area contributed by atoms with Crippen LogP contribution < -0.4 is 16.0 Å². The molecule has 0 spiro atoms. The first-order chi connectivity index (χ1) is 11.2. The molecule has 0 radical (unpaired) electrons. The molecule has 1 aliphatic carbocycles. The lowest BCUT2D eigenvalue weighted by Crippen LogP contribution is -2.44. The third kappa shape index (κ3) is 7.68. The second-order valence-corrected chi connectivity index (χ2v) is 6.35. The minimum atomic E-state index is -0.0287. The van der Waals surface area contributed by atoms with Crippen molar-refractivity contribution in [2.45, 2.75) is 52.4 Å². The van der Waals surface area contributed by atoms with Gasteiger partial charge in [-0.2, -0.15) is 0 Å². The Labute approximate surface area is 140 Å². The Morgan fingerprint density at radius 2 is 1.91 bits per heavy atom. The Balaban J connectivity index is 2.51. The van der Waals surface area contributed by atoms with Gasteiger partial charge in [-0.05, 0) is 38.0 Å². The van der Waals surface area contributed by atoms with E-state index in [-0.39, 0.29) is 12.5 Å². The van der Waals surface area contributed by atoms with E-state index >= 15 is 0 Å². The van der Waals surface area contributed by atoms with Gasteiger partial charge in [0.2, 0.25) is 5.91 Å². The van der Waals surface area contributed by atoms with Crippen LogP contribution in [0.5, 0.6) is 0 Å². The quantitative estimate of drug-likeness (QED) is 0.422. The van der Waals surface area contributed by atoms with Crippen LogP contribution in [0.1, 0.15) is 52.4 Å². The Kier molecular flexibility index (Phi) is 9.67. The van der Waals surface area contributed by atoms with Gasteiger partial charge in [-0.3, -0.25) is 4.79 Å². The molecule has 0 heterocycles. The van der Waals surface area contributed by atoms with Gasteiger partial charge >= 0.3 is 0 Å². The summed E-state index contributed by atoms with van der Waals surface area (Å²) in [4.78, 5) is 16.1. The highest BCUT2D eigenvalue weighted by Gasteiger charge is 2.33. The molecule has 0 aromatic heterocycles. The maximum absolute atomic E-state index is 11.7. The normalized spacial score (nSPS) is 17.1. The Morgan fingerprint density at radius 3 is 2.52 bits per heavy atom. The summed E-state index contributed by atoms with van der Waals surface area (Å²) in [7, 11) is 1.76. The summed E-state index contributed by atoms with van der Waals surface area (Å²) in [5.74, 6) is 0.696. The molecular formula is C17H34N4O2. The van der Waals surface area contributed by atoms with Crippen molar-refractivity contribution < 1.29 is 9.53 Å². The van der Waals surface area contributed by atoms with Crippen LogP contribution >= 0.6 is 0 Å². The molecule has 3 N–H and O–H groups in total. The summed E-state index contributed by atoms with van der Waals surface area (Å²) >= 11 is 0. The van der Waals surface area contributed by atoms with E-state index in [0.717, 1.165) is 38.5 Å². The van der Waals surface area contributed by atoms with Gasteiger partial charge in [0.25, 0.3) is 0 Å². The monoisotopic (exact) mass is 326 g/mol. The third-order valence-corrected chi connectivity index (χ3v) is 4.43. The molecule has 0 saturated heterocycles. The molecule has 1 amide bonds. The number of amides is 1. The van der Waals surface area contributed by atoms with Gasteiger partial charge in [0.15, 0.2) is 5.96 Å². The van der Waals surface area contributed by atoms with Crippen molar-refractivity contribution in [2.75, 3.05) is 39.9 Å². The third-order valence-electron chi connectivity index (χ3n) is 4.43. The van der Waals surface area contributed by atoms with Gasteiger partial charge in [0.05, 0.1) is 0 Å². The summed E-state index contributed by atoms with van der Waals surface area (Å²) in [6, 6.07) is 0. The molecule has 0 atom stereocenters. The smallest absolute Gasteiger partial charge is 0.241 e. The number of nitrogens with one attached hydrogen (secondary N) is 3. The highest BCUT2D eigenvalue weighted by atomic mass is 16.5. The number of carbonyl (C=O) groups excluding carboxylic acids is 1. The van der Waals surface area contributed by atoms with Gasteiger partial charge < -0.3 is 20.7 Å². The lowest BCUT2D eigenvalue weighted by Gasteiger charge is -2.29. The second-order valence-electron chi connectivity index (χ2n) is 6.35. The van der Waals surface area contributed by atoms with Crippen molar-refractivity contribution in [1.29, 1.82) is 0 Å². The van der Waals surface area contributed by atoms with E-state index in [1.807, 2.05) is 13.8 Å². The van der Waals surface area contributed by atoms with Crippen LogP contribution in [0.2, 0.25) is 0 Å². The topological polar surface area (TPSA) is 74.8 Å². The predicted molar refractivity (Wildman–Crippen MR) is 94.7 cm³/mol. The lowest BCUT2D eigenvalue weighted by molar-refractivity contribution is -0.119. The highest BCUT2D eigenvalue weighted by Crippen LogP contribution is 2.40. The Bertz CT molecular complexity index is 366. The molecule has 0 aromatic rings. The molecule has 6 heteroatoms. The van der Waals surface area contributed by atoms with Crippen LogP contribution in [0.15, 0.2) is 4.99 Å². The molecule has 0 unspecified atom stereocenters. The van der Waals surface area contributed by atoms with Crippen LogP contribution in [0, 0.1) is 5.41 Å². The number of hydrogen-bond acceptors (Lipinski definition) is 3. The van der Waals surface area contributed by atoms with Gasteiger partial charge in [-0.1, -0.05) is 19.8 Å². The fraction of sp³-hybridized carbons (Fsp3) is 0.882. The SMILES string of the molecule is CCCNC(=O)CN=C(NCC)NCC1(CCOC)CCCC1. The van der Waals surface area contributed by atoms with E-state index in [9.17, 15) is 4.79 Å². The highest BCUT2D eigenvalue weighted by molar-refractivity contribution is 5.84. The number of ether oxygens (including phenoxy) is 1. The maximum atomic E-state index is 11.7. The zero-order valence-electron chi connectivity index (χ0n) is 15.0. The molecule has 1 rings (SSSR count). The summed E-state index contributed by atoms with van der Waals surface area (Å²) in [5.41, 5.74) is 0.302. The van der Waals surface area contributed by atoms with E-state index < -0.39 is 0 Å². The number of rotatable bonds is 10. The fourth-order valence-electron chi connectivity index (χ4n) is 3.04.